The van der Waals surface area contributed by atoms with E-state index in [4.69, 9.17) is 62.5 Å². The standard InChI is InChI=1S/C24H22Cl2N4O2.C20H17BrCl2N4O.C4H6O/c1-14(31)24(2,3)17-12-15(8-7-11-32-5)20-22(16(17)13-27)30(4)23(28-20)29-21-18(25)9-6-10-19(21)26;1-10(28)20(2,3)12-8-13(21)16-18(11(12)9-24)27(4)19(25-16)26-17-14(22)6-5-7-15(17)23;1-3-4-5-2/h6,9-10,12H,11H2,1-5H3,(H,28,29);5-8H,1-4H3,(H,25,26);1H,4H2,2H3. The lowest BCUT2D eigenvalue weighted by atomic mass is 9.78. The number of terminal acetylenes is 1. The number of rotatable bonds is 10. The van der Waals surface area contributed by atoms with Gasteiger partial charge < -0.3 is 29.2 Å². The number of benzene rings is 4. The van der Waals surface area contributed by atoms with Gasteiger partial charge in [-0.2, -0.15) is 10.5 Å². The molecule has 0 unspecified atom stereocenters. The molecule has 12 nitrogen and oxygen atoms in total. The van der Waals surface area contributed by atoms with E-state index >= 15 is 0 Å². The zero-order valence-corrected chi connectivity index (χ0v) is 41.9. The third-order valence-corrected chi connectivity index (χ3v) is 12.5. The molecule has 4 aromatic carbocycles. The number of para-hydroxylation sites is 2. The Morgan fingerprint density at radius 3 is 1.51 bits per heavy atom. The summed E-state index contributed by atoms with van der Waals surface area (Å²) >= 11 is 28.7. The minimum Gasteiger partial charge on any atom is -0.372 e. The van der Waals surface area contributed by atoms with E-state index in [0.29, 0.717) is 104 Å². The summed E-state index contributed by atoms with van der Waals surface area (Å²) in [5.41, 5.74) is 4.25. The van der Waals surface area contributed by atoms with Gasteiger partial charge in [-0.1, -0.05) is 76.3 Å². The maximum absolute atomic E-state index is 12.4. The number of ketones is 2. The van der Waals surface area contributed by atoms with Crippen molar-refractivity contribution in [3.63, 3.8) is 0 Å². The lowest BCUT2D eigenvalue weighted by Gasteiger charge is -2.24. The predicted octanol–water partition coefficient (Wildman–Crippen LogP) is 11.8. The summed E-state index contributed by atoms with van der Waals surface area (Å²) in [7, 11) is 6.70. The molecule has 65 heavy (non-hydrogen) atoms. The fourth-order valence-electron chi connectivity index (χ4n) is 6.39. The van der Waals surface area contributed by atoms with Gasteiger partial charge in [-0.25, -0.2) is 9.97 Å². The number of carbonyl (C=O) groups excluding carboxylic acids is 2. The Balaban J connectivity index is 0.000000259. The third kappa shape index (κ3) is 11.1. The molecule has 0 atom stereocenters. The first-order chi connectivity index (χ1) is 30.6. The number of methoxy groups -OCH3 is 2. The van der Waals surface area contributed by atoms with Crippen LogP contribution in [0.2, 0.25) is 20.1 Å². The zero-order valence-electron chi connectivity index (χ0n) is 37.3. The number of anilines is 4. The molecule has 6 rings (SSSR count). The number of hydrogen-bond donors (Lipinski definition) is 2. The maximum Gasteiger partial charge on any atom is 0.208 e. The van der Waals surface area contributed by atoms with Crippen LogP contribution in [0.1, 0.15) is 69.4 Å². The van der Waals surface area contributed by atoms with E-state index < -0.39 is 10.8 Å². The van der Waals surface area contributed by atoms with Gasteiger partial charge in [0, 0.05) is 43.6 Å². The van der Waals surface area contributed by atoms with Crippen LogP contribution in [0, 0.1) is 46.8 Å². The summed E-state index contributed by atoms with van der Waals surface area (Å²) in [5, 5.41) is 28.0. The highest BCUT2D eigenvalue weighted by atomic mass is 79.9. The highest BCUT2D eigenvalue weighted by molar-refractivity contribution is 9.10. The molecule has 0 amide bonds. The van der Waals surface area contributed by atoms with Crippen LogP contribution in [-0.2, 0) is 44.0 Å². The fraction of sp³-hybridized carbons (Fsp3) is 0.292. The van der Waals surface area contributed by atoms with E-state index in [1.807, 2.05) is 13.8 Å². The van der Waals surface area contributed by atoms with E-state index in [1.165, 1.54) is 13.8 Å². The van der Waals surface area contributed by atoms with Crippen molar-refractivity contribution < 1.29 is 19.1 Å². The second-order valence-corrected chi connectivity index (χ2v) is 17.9. The number of aryl methyl sites for hydroxylation is 2. The molecule has 0 saturated carbocycles. The summed E-state index contributed by atoms with van der Waals surface area (Å²) in [4.78, 5) is 33.9. The van der Waals surface area contributed by atoms with Crippen LogP contribution in [0.25, 0.3) is 22.1 Å². The molecule has 6 aromatic rings. The molecule has 17 heteroatoms. The predicted molar refractivity (Wildman–Crippen MR) is 265 cm³/mol. The lowest BCUT2D eigenvalue weighted by Crippen LogP contribution is -2.28. The first-order valence-corrected chi connectivity index (χ1v) is 21.8. The lowest BCUT2D eigenvalue weighted by molar-refractivity contribution is -0.122. The molecular formula is C48H45BrCl4N8O4. The van der Waals surface area contributed by atoms with Crippen LogP contribution in [0.15, 0.2) is 53.0 Å². The number of Topliss-reactive ketones (excluding diaryl/α,β-unsaturated/α-hetero) is 2. The van der Waals surface area contributed by atoms with E-state index in [-0.39, 0.29) is 18.2 Å². The zero-order chi connectivity index (χ0) is 48.6. The van der Waals surface area contributed by atoms with Gasteiger partial charge in [-0.05, 0) is 105 Å². The van der Waals surface area contributed by atoms with E-state index in [2.05, 4.69) is 66.2 Å². The maximum atomic E-state index is 12.4. The molecule has 2 heterocycles. The molecule has 0 aliphatic rings. The molecule has 0 fully saturated rings. The number of nitriles is 2. The van der Waals surface area contributed by atoms with E-state index in [1.54, 1.807) is 99.8 Å². The van der Waals surface area contributed by atoms with Gasteiger partial charge in [0.25, 0.3) is 0 Å². The fourth-order valence-corrected chi connectivity index (χ4v) is 7.88. The Morgan fingerprint density at radius 2 is 1.14 bits per heavy atom. The molecule has 0 spiro atoms. The highest BCUT2D eigenvalue weighted by Crippen LogP contribution is 2.40. The van der Waals surface area contributed by atoms with Crippen molar-refractivity contribution in [1.82, 2.24) is 19.1 Å². The van der Waals surface area contributed by atoms with Crippen LogP contribution >= 0.6 is 62.3 Å². The second-order valence-electron chi connectivity index (χ2n) is 15.4. The Bertz CT molecular complexity index is 2980. The Hall–Kier alpha value is -5.58. The Morgan fingerprint density at radius 1 is 0.738 bits per heavy atom. The topological polar surface area (TPSA) is 160 Å². The van der Waals surface area contributed by atoms with Crippen LogP contribution in [0.3, 0.4) is 0 Å². The van der Waals surface area contributed by atoms with Crippen molar-refractivity contribution in [1.29, 1.82) is 10.5 Å². The molecule has 0 radical (unpaired) electrons. The average Bonchev–Trinajstić information content (AvgIpc) is 3.76. The summed E-state index contributed by atoms with van der Waals surface area (Å²) in [6.07, 6.45) is 4.76. The number of imidazole rings is 2. The average molecular weight is 1020 g/mol. The van der Waals surface area contributed by atoms with Crippen molar-refractivity contribution in [3.8, 4) is 36.3 Å². The molecule has 0 saturated heterocycles. The van der Waals surface area contributed by atoms with Gasteiger partial charge >= 0.3 is 0 Å². The number of hydrogen-bond acceptors (Lipinski definition) is 10. The normalized spacial score (nSPS) is 10.9. The molecule has 2 aromatic heterocycles. The molecule has 0 aliphatic carbocycles. The van der Waals surface area contributed by atoms with Crippen LogP contribution < -0.4 is 10.6 Å². The first-order valence-electron chi connectivity index (χ1n) is 19.5. The summed E-state index contributed by atoms with van der Waals surface area (Å²) in [6.45, 7) is 10.9. The van der Waals surface area contributed by atoms with Crippen molar-refractivity contribution >= 4 is 119 Å². The molecular weight excluding hydrogens is 974 g/mol. The van der Waals surface area contributed by atoms with Crippen LogP contribution in [0.4, 0.5) is 23.3 Å². The summed E-state index contributed by atoms with van der Waals surface area (Å²) in [5.74, 6) is 9.11. The highest BCUT2D eigenvalue weighted by Gasteiger charge is 2.34. The number of nitrogens with zero attached hydrogens (tertiary/aromatic N) is 6. The Kier molecular flexibility index (Phi) is 17.7. The number of halogens is 5. The Labute approximate surface area is 407 Å². The number of ether oxygens (including phenoxy) is 2. The van der Waals surface area contributed by atoms with Crippen molar-refractivity contribution in [2.75, 3.05) is 38.1 Å². The number of carbonyl (C=O) groups is 2. The number of nitrogens with one attached hydrogen (secondary N) is 2. The van der Waals surface area contributed by atoms with Gasteiger partial charge in [0.1, 0.15) is 48.0 Å². The molecule has 336 valence electrons. The van der Waals surface area contributed by atoms with Crippen molar-refractivity contribution in [2.45, 2.75) is 52.4 Å². The van der Waals surface area contributed by atoms with Gasteiger partial charge in [0.05, 0.1) is 59.2 Å². The van der Waals surface area contributed by atoms with Gasteiger partial charge in [-0.3, -0.25) is 9.59 Å². The third-order valence-electron chi connectivity index (χ3n) is 10.6. The van der Waals surface area contributed by atoms with Gasteiger partial charge in [0.15, 0.2) is 0 Å². The van der Waals surface area contributed by atoms with Crippen molar-refractivity contribution in [3.05, 3.63) is 101 Å². The molecule has 2 N–H and O–H groups in total. The minimum atomic E-state index is -0.888. The first kappa shape index (κ1) is 52.0. The molecule has 0 bridgehead atoms. The van der Waals surface area contributed by atoms with Crippen molar-refractivity contribution in [2.24, 2.45) is 14.1 Å². The smallest absolute Gasteiger partial charge is 0.208 e. The number of aromatic nitrogens is 4. The molecule has 0 aliphatic heterocycles. The monoisotopic (exact) mass is 1020 g/mol. The van der Waals surface area contributed by atoms with E-state index in [0.717, 1.165) is 0 Å². The number of fused-ring (bicyclic) bond motifs is 2. The van der Waals surface area contributed by atoms with Crippen LogP contribution in [0.5, 0.6) is 0 Å². The SMILES string of the molecule is C#CCOC.CC(=O)C(C)(C)c1cc(Br)c2nc(Nc3c(Cl)cccc3Cl)n(C)c2c1C#N.COCC#Cc1cc(C(C)(C)C(C)=O)c(C#N)c2c1nc(Nc1c(Cl)cccc1Cl)n2C. The second kappa shape index (κ2) is 22.1. The van der Waals surface area contributed by atoms with Crippen LogP contribution in [-0.4, -0.2) is 58.1 Å². The quantitative estimate of drug-likeness (QED) is 0.126. The summed E-state index contributed by atoms with van der Waals surface area (Å²) < 4.78 is 13.7. The largest absolute Gasteiger partial charge is 0.372 e. The van der Waals surface area contributed by atoms with Gasteiger partial charge in [-0.15, -0.1) is 6.42 Å². The van der Waals surface area contributed by atoms with E-state index in [9.17, 15) is 20.1 Å². The summed E-state index contributed by atoms with van der Waals surface area (Å²) in [6, 6.07) is 18.5. The van der Waals surface area contributed by atoms with Gasteiger partial charge in [0.2, 0.25) is 11.9 Å². The minimum absolute atomic E-state index is 0.0291.